The first-order valence-electron chi connectivity index (χ1n) is 10.1. The molecule has 0 saturated carbocycles. The van der Waals surface area contributed by atoms with E-state index < -0.39 is 10.0 Å². The molecule has 1 aromatic heterocycles. The van der Waals surface area contributed by atoms with Gasteiger partial charge in [-0.2, -0.15) is 0 Å². The van der Waals surface area contributed by atoms with Gasteiger partial charge in [0.05, 0.1) is 6.54 Å². The largest absolute Gasteiger partial charge is 0.352 e. The molecule has 0 radical (unpaired) electrons. The SMILES string of the molecule is CN=C(NCc1ccc(CN2CCCC2)cc1)NCc1ccc(S(=O)(=O)N(C)C)s1. The van der Waals surface area contributed by atoms with Crippen molar-refractivity contribution in [2.75, 3.05) is 34.2 Å². The van der Waals surface area contributed by atoms with Crippen LogP contribution in [-0.2, 0) is 29.7 Å². The molecular weight excluding hydrogens is 418 g/mol. The molecule has 0 unspecified atom stereocenters. The van der Waals surface area contributed by atoms with Crippen molar-refractivity contribution >= 4 is 27.3 Å². The molecule has 164 valence electrons. The Morgan fingerprint density at radius 3 is 2.30 bits per heavy atom. The van der Waals surface area contributed by atoms with Crippen molar-refractivity contribution in [3.05, 3.63) is 52.4 Å². The second-order valence-corrected chi connectivity index (χ2v) is 11.1. The van der Waals surface area contributed by atoms with Crippen LogP contribution in [0, 0.1) is 0 Å². The summed E-state index contributed by atoms with van der Waals surface area (Å²) in [6.45, 7) is 4.63. The van der Waals surface area contributed by atoms with Crippen LogP contribution < -0.4 is 10.6 Å². The van der Waals surface area contributed by atoms with E-state index in [4.69, 9.17) is 0 Å². The molecule has 0 amide bonds. The van der Waals surface area contributed by atoms with Gasteiger partial charge in [0.15, 0.2) is 5.96 Å². The van der Waals surface area contributed by atoms with Crippen molar-refractivity contribution in [1.82, 2.24) is 19.8 Å². The Hall–Kier alpha value is -1.94. The van der Waals surface area contributed by atoms with Crippen LogP contribution in [0.1, 0.15) is 28.8 Å². The minimum atomic E-state index is -3.38. The van der Waals surface area contributed by atoms with Gasteiger partial charge in [-0.3, -0.25) is 9.89 Å². The van der Waals surface area contributed by atoms with E-state index in [0.29, 0.717) is 23.3 Å². The van der Waals surface area contributed by atoms with E-state index in [2.05, 4.69) is 44.8 Å². The highest BCUT2D eigenvalue weighted by atomic mass is 32.2. The molecule has 3 rings (SSSR count). The summed E-state index contributed by atoms with van der Waals surface area (Å²) in [6, 6.07) is 12.2. The third-order valence-electron chi connectivity index (χ3n) is 5.11. The molecule has 9 heteroatoms. The van der Waals surface area contributed by atoms with Crippen LogP contribution >= 0.6 is 11.3 Å². The Labute approximate surface area is 183 Å². The number of likely N-dealkylation sites (tertiary alicyclic amines) is 1. The van der Waals surface area contributed by atoms with E-state index in [1.54, 1.807) is 13.1 Å². The molecule has 2 aromatic rings. The van der Waals surface area contributed by atoms with Crippen molar-refractivity contribution in [2.24, 2.45) is 4.99 Å². The number of nitrogens with one attached hydrogen (secondary N) is 2. The van der Waals surface area contributed by atoms with Crippen molar-refractivity contribution in [3.8, 4) is 0 Å². The zero-order chi connectivity index (χ0) is 21.6. The molecule has 0 spiro atoms. The number of hydrogen-bond acceptors (Lipinski definition) is 5. The lowest BCUT2D eigenvalue weighted by molar-refractivity contribution is 0.331. The Morgan fingerprint density at radius 1 is 1.03 bits per heavy atom. The van der Waals surface area contributed by atoms with Gasteiger partial charge in [0.1, 0.15) is 4.21 Å². The maximum atomic E-state index is 12.2. The number of rotatable bonds is 8. The van der Waals surface area contributed by atoms with E-state index in [9.17, 15) is 8.42 Å². The first-order valence-corrected chi connectivity index (χ1v) is 12.4. The zero-order valence-corrected chi connectivity index (χ0v) is 19.5. The molecule has 7 nitrogen and oxygen atoms in total. The summed E-state index contributed by atoms with van der Waals surface area (Å²) < 4.78 is 26.0. The molecule has 30 heavy (non-hydrogen) atoms. The number of nitrogens with zero attached hydrogens (tertiary/aromatic N) is 3. The highest BCUT2D eigenvalue weighted by molar-refractivity contribution is 7.91. The average molecular weight is 450 g/mol. The van der Waals surface area contributed by atoms with Crippen molar-refractivity contribution in [1.29, 1.82) is 0 Å². The fourth-order valence-electron chi connectivity index (χ4n) is 3.31. The second kappa shape index (κ2) is 10.4. The smallest absolute Gasteiger partial charge is 0.252 e. The Bertz CT molecular complexity index is 946. The number of sulfonamides is 1. The van der Waals surface area contributed by atoms with Crippen LogP contribution in [0.15, 0.2) is 45.6 Å². The molecule has 0 bridgehead atoms. The highest BCUT2D eigenvalue weighted by Crippen LogP contribution is 2.23. The van der Waals surface area contributed by atoms with Gasteiger partial charge in [-0.25, -0.2) is 12.7 Å². The van der Waals surface area contributed by atoms with Crippen molar-refractivity contribution < 1.29 is 8.42 Å². The summed E-state index contributed by atoms with van der Waals surface area (Å²) in [5.41, 5.74) is 2.54. The minimum Gasteiger partial charge on any atom is -0.352 e. The number of thiophene rings is 1. The van der Waals surface area contributed by atoms with Crippen LogP contribution in [-0.4, -0.2) is 57.8 Å². The lowest BCUT2D eigenvalue weighted by Gasteiger charge is -2.15. The first-order chi connectivity index (χ1) is 14.4. The predicted octanol–water partition coefficient (Wildman–Crippen LogP) is 2.46. The minimum absolute atomic E-state index is 0.348. The standard InChI is InChI=1S/C21H31N5O2S2/c1-22-21(24-15-19-10-11-20(29-19)30(27,28)25(2)3)23-14-17-6-8-18(9-7-17)16-26-12-4-5-13-26/h6-11H,4-5,12-16H2,1-3H3,(H2,22,23,24). The number of aliphatic imine (C=N–C) groups is 1. The topological polar surface area (TPSA) is 77.0 Å². The summed E-state index contributed by atoms with van der Waals surface area (Å²) in [6.07, 6.45) is 2.62. The van der Waals surface area contributed by atoms with E-state index in [1.165, 1.54) is 66.8 Å². The van der Waals surface area contributed by atoms with Gasteiger partial charge in [0.2, 0.25) is 0 Å². The molecule has 1 fully saturated rings. The number of hydrogen-bond donors (Lipinski definition) is 2. The van der Waals surface area contributed by atoms with Crippen LogP contribution in [0.4, 0.5) is 0 Å². The van der Waals surface area contributed by atoms with Gasteiger partial charge in [-0.1, -0.05) is 24.3 Å². The van der Waals surface area contributed by atoms with Crippen molar-refractivity contribution in [3.63, 3.8) is 0 Å². The molecule has 2 heterocycles. The predicted molar refractivity (Wildman–Crippen MR) is 123 cm³/mol. The van der Waals surface area contributed by atoms with E-state index in [1.807, 2.05) is 6.07 Å². The summed E-state index contributed by atoms with van der Waals surface area (Å²) in [5.74, 6) is 0.682. The van der Waals surface area contributed by atoms with Gasteiger partial charge >= 0.3 is 0 Å². The summed E-state index contributed by atoms with van der Waals surface area (Å²) in [5, 5.41) is 6.55. The van der Waals surface area contributed by atoms with E-state index >= 15 is 0 Å². The van der Waals surface area contributed by atoms with E-state index in [-0.39, 0.29) is 0 Å². The lowest BCUT2D eigenvalue weighted by Crippen LogP contribution is -2.36. The molecule has 0 aliphatic carbocycles. The van der Waals surface area contributed by atoms with Gasteiger partial charge in [-0.15, -0.1) is 11.3 Å². The van der Waals surface area contributed by atoms with Gasteiger partial charge in [0.25, 0.3) is 10.0 Å². The summed E-state index contributed by atoms with van der Waals surface area (Å²) in [4.78, 5) is 7.69. The number of guanidine groups is 1. The number of benzene rings is 1. The van der Waals surface area contributed by atoms with Gasteiger partial charge < -0.3 is 10.6 Å². The van der Waals surface area contributed by atoms with Gasteiger partial charge in [0, 0.05) is 39.1 Å². The second-order valence-electron chi connectivity index (χ2n) is 7.59. The normalized spacial score (nSPS) is 15.7. The summed E-state index contributed by atoms with van der Waals surface area (Å²) in [7, 11) is 1.42. The molecule has 1 aromatic carbocycles. The average Bonchev–Trinajstić information content (AvgIpc) is 3.41. The Balaban J connectivity index is 1.47. The van der Waals surface area contributed by atoms with Crippen LogP contribution in [0.3, 0.4) is 0 Å². The summed E-state index contributed by atoms with van der Waals surface area (Å²) >= 11 is 1.27. The van der Waals surface area contributed by atoms with Crippen LogP contribution in [0.5, 0.6) is 0 Å². The lowest BCUT2D eigenvalue weighted by atomic mass is 10.1. The Kier molecular flexibility index (Phi) is 7.87. The third-order valence-corrected chi connectivity index (χ3v) is 8.48. The van der Waals surface area contributed by atoms with Crippen molar-refractivity contribution in [2.45, 2.75) is 36.7 Å². The van der Waals surface area contributed by atoms with Crippen LogP contribution in [0.25, 0.3) is 0 Å². The third kappa shape index (κ3) is 6.04. The van der Waals surface area contributed by atoms with Gasteiger partial charge in [-0.05, 0) is 49.2 Å². The highest BCUT2D eigenvalue weighted by Gasteiger charge is 2.19. The molecular formula is C21H31N5O2S2. The quantitative estimate of drug-likeness (QED) is 0.478. The molecule has 1 aliphatic rings. The first kappa shape index (κ1) is 22.7. The zero-order valence-electron chi connectivity index (χ0n) is 17.9. The fraction of sp³-hybridized carbons (Fsp3) is 0.476. The molecule has 1 saturated heterocycles. The molecule has 2 N–H and O–H groups in total. The Morgan fingerprint density at radius 2 is 1.67 bits per heavy atom. The maximum absolute atomic E-state index is 12.2. The fourth-order valence-corrected chi connectivity index (χ4v) is 5.77. The monoisotopic (exact) mass is 449 g/mol. The van der Waals surface area contributed by atoms with E-state index in [0.717, 1.165) is 11.4 Å². The van der Waals surface area contributed by atoms with Crippen LogP contribution in [0.2, 0.25) is 0 Å². The molecule has 0 atom stereocenters. The maximum Gasteiger partial charge on any atom is 0.252 e. The molecule has 1 aliphatic heterocycles.